The number of anilines is 1. The molecule has 2 aromatic rings. The van der Waals surface area contributed by atoms with Gasteiger partial charge in [-0.1, -0.05) is 0 Å². The average molecular weight is 391 g/mol. The topological polar surface area (TPSA) is 85.3 Å². The molecular weight excluding hydrogens is 372 g/mol. The fourth-order valence-corrected chi connectivity index (χ4v) is 4.23. The summed E-state index contributed by atoms with van der Waals surface area (Å²) in [5.74, 6) is 1.09. The van der Waals surface area contributed by atoms with Crippen LogP contribution in [0.2, 0.25) is 0 Å². The first kappa shape index (κ1) is 15.9. The number of pyridine rings is 1. The van der Waals surface area contributed by atoms with Crippen molar-refractivity contribution < 1.29 is 9.52 Å². The number of furan rings is 1. The zero-order valence-corrected chi connectivity index (χ0v) is 14.8. The van der Waals surface area contributed by atoms with Crippen molar-refractivity contribution in [1.29, 1.82) is 5.26 Å². The number of likely N-dealkylation sites (tertiary alicyclic amines) is 1. The summed E-state index contributed by atoms with van der Waals surface area (Å²) in [5.41, 5.74) is 0.615. The van der Waals surface area contributed by atoms with Gasteiger partial charge in [0.1, 0.15) is 11.9 Å². The largest absolute Gasteiger partial charge is 0.444 e. The SMILES string of the molecule is N#Cc1cc2c(Br)c(NC3CCC(N4CC(O)C4)CC3)ncc2o1. The molecule has 2 aliphatic rings. The third-order valence-electron chi connectivity index (χ3n) is 5.07. The van der Waals surface area contributed by atoms with E-state index in [1.54, 1.807) is 12.3 Å². The Morgan fingerprint density at radius 3 is 2.75 bits per heavy atom. The highest BCUT2D eigenvalue weighted by Gasteiger charge is 2.33. The average Bonchev–Trinajstić information content (AvgIpc) is 3.00. The predicted octanol–water partition coefficient (Wildman–Crippen LogP) is 2.86. The van der Waals surface area contributed by atoms with Crippen LogP contribution < -0.4 is 5.32 Å². The second-order valence-electron chi connectivity index (χ2n) is 6.68. The van der Waals surface area contributed by atoms with Gasteiger partial charge in [0.2, 0.25) is 5.76 Å². The van der Waals surface area contributed by atoms with E-state index in [2.05, 4.69) is 31.1 Å². The normalized spacial score (nSPS) is 25.4. The van der Waals surface area contributed by atoms with E-state index in [0.29, 0.717) is 23.4 Å². The number of aliphatic hydroxyl groups is 1. The fourth-order valence-electron chi connectivity index (χ4n) is 3.70. The molecule has 6 nitrogen and oxygen atoms in total. The summed E-state index contributed by atoms with van der Waals surface area (Å²) in [6.45, 7) is 1.66. The van der Waals surface area contributed by atoms with E-state index in [9.17, 15) is 5.11 Å². The van der Waals surface area contributed by atoms with Crippen molar-refractivity contribution in [2.45, 2.75) is 43.9 Å². The highest BCUT2D eigenvalue weighted by Crippen LogP contribution is 2.34. The zero-order valence-electron chi connectivity index (χ0n) is 13.2. The number of halogens is 1. The van der Waals surface area contributed by atoms with Gasteiger partial charge in [0, 0.05) is 36.6 Å². The van der Waals surface area contributed by atoms with Gasteiger partial charge in [-0.05, 0) is 41.6 Å². The van der Waals surface area contributed by atoms with Gasteiger partial charge in [0.05, 0.1) is 16.8 Å². The lowest BCUT2D eigenvalue weighted by Crippen LogP contribution is -2.56. The number of nitrogens with one attached hydrogen (secondary N) is 1. The van der Waals surface area contributed by atoms with Crippen LogP contribution in [0.25, 0.3) is 11.0 Å². The van der Waals surface area contributed by atoms with E-state index in [1.165, 1.54) is 0 Å². The quantitative estimate of drug-likeness (QED) is 0.837. The van der Waals surface area contributed by atoms with Crippen LogP contribution in [0.4, 0.5) is 5.82 Å². The number of nitriles is 1. The molecule has 0 atom stereocenters. The number of hydrogen-bond donors (Lipinski definition) is 2. The Kier molecular flexibility index (Phi) is 4.21. The molecule has 1 aliphatic heterocycles. The molecule has 0 spiro atoms. The Morgan fingerprint density at radius 2 is 2.08 bits per heavy atom. The van der Waals surface area contributed by atoms with Gasteiger partial charge in [-0.2, -0.15) is 5.26 Å². The summed E-state index contributed by atoms with van der Waals surface area (Å²) < 4.78 is 6.25. The number of β-amino-alcohol motifs (C(OH)–C–C–N with tert-alkyl or cyclic N) is 1. The Bertz CT molecular complexity index is 786. The minimum atomic E-state index is -0.124. The number of rotatable bonds is 3. The highest BCUT2D eigenvalue weighted by molar-refractivity contribution is 9.10. The van der Waals surface area contributed by atoms with Crippen molar-refractivity contribution >= 4 is 32.7 Å². The summed E-state index contributed by atoms with van der Waals surface area (Å²) >= 11 is 3.58. The molecule has 4 rings (SSSR count). The van der Waals surface area contributed by atoms with Crippen LogP contribution in [-0.2, 0) is 0 Å². The lowest BCUT2D eigenvalue weighted by molar-refractivity contribution is -0.0337. The van der Waals surface area contributed by atoms with E-state index >= 15 is 0 Å². The number of aromatic nitrogens is 1. The fraction of sp³-hybridized carbons (Fsp3) is 0.529. The molecule has 1 saturated heterocycles. The van der Waals surface area contributed by atoms with Crippen molar-refractivity contribution in [2.24, 2.45) is 0 Å². The van der Waals surface area contributed by atoms with Crippen LogP contribution in [0.1, 0.15) is 31.4 Å². The van der Waals surface area contributed by atoms with Crippen molar-refractivity contribution in [3.63, 3.8) is 0 Å². The maximum atomic E-state index is 9.44. The molecule has 0 amide bonds. The minimum absolute atomic E-state index is 0.124. The molecule has 2 N–H and O–H groups in total. The van der Waals surface area contributed by atoms with E-state index in [1.807, 2.05) is 6.07 Å². The molecule has 1 saturated carbocycles. The molecular formula is C17H19BrN4O2. The van der Waals surface area contributed by atoms with Crippen LogP contribution in [-0.4, -0.2) is 46.3 Å². The molecule has 0 bridgehead atoms. The first-order valence-corrected chi connectivity index (χ1v) is 9.10. The van der Waals surface area contributed by atoms with Gasteiger partial charge in [0.15, 0.2) is 5.58 Å². The first-order chi connectivity index (χ1) is 11.6. The maximum Gasteiger partial charge on any atom is 0.204 e. The molecule has 7 heteroatoms. The number of nitrogens with zero attached hydrogens (tertiary/aromatic N) is 3. The zero-order chi connectivity index (χ0) is 16.7. The predicted molar refractivity (Wildman–Crippen MR) is 93.7 cm³/mol. The van der Waals surface area contributed by atoms with Gasteiger partial charge in [-0.25, -0.2) is 4.98 Å². The van der Waals surface area contributed by atoms with Crippen molar-refractivity contribution in [3.05, 3.63) is 22.5 Å². The molecule has 2 fully saturated rings. The number of aliphatic hydroxyl groups excluding tert-OH is 1. The summed E-state index contributed by atoms with van der Waals surface area (Å²) in [4.78, 5) is 6.82. The van der Waals surface area contributed by atoms with Crippen molar-refractivity contribution in [2.75, 3.05) is 18.4 Å². The minimum Gasteiger partial charge on any atom is -0.444 e. The molecule has 3 heterocycles. The molecule has 0 radical (unpaired) electrons. The van der Waals surface area contributed by atoms with Crippen LogP contribution in [0.3, 0.4) is 0 Å². The highest BCUT2D eigenvalue weighted by atomic mass is 79.9. The van der Waals surface area contributed by atoms with E-state index < -0.39 is 0 Å². The van der Waals surface area contributed by atoms with Crippen molar-refractivity contribution in [1.82, 2.24) is 9.88 Å². The maximum absolute atomic E-state index is 9.44. The molecule has 24 heavy (non-hydrogen) atoms. The van der Waals surface area contributed by atoms with Crippen LogP contribution in [0.15, 0.2) is 21.2 Å². The second kappa shape index (κ2) is 6.36. The summed E-state index contributed by atoms with van der Waals surface area (Å²) in [6, 6.07) is 4.76. The van der Waals surface area contributed by atoms with Gasteiger partial charge in [0.25, 0.3) is 0 Å². The smallest absolute Gasteiger partial charge is 0.204 e. The summed E-state index contributed by atoms with van der Waals surface area (Å²) in [5, 5.41) is 22.8. The van der Waals surface area contributed by atoms with E-state index in [0.717, 1.165) is 54.4 Å². The monoisotopic (exact) mass is 390 g/mol. The molecule has 0 unspecified atom stereocenters. The van der Waals surface area contributed by atoms with Crippen molar-refractivity contribution in [3.8, 4) is 6.07 Å². The van der Waals surface area contributed by atoms with Crippen LogP contribution in [0, 0.1) is 11.3 Å². The standard InChI is InChI=1S/C17H19BrN4O2/c18-16-14-5-13(6-19)24-15(14)7-20-17(16)21-10-1-3-11(4-2-10)22-8-12(23)9-22/h5,7,10-12,23H,1-4,8-9H2,(H,20,21). The van der Waals surface area contributed by atoms with E-state index in [4.69, 9.17) is 9.68 Å². The third kappa shape index (κ3) is 2.90. The number of hydrogen-bond acceptors (Lipinski definition) is 6. The Labute approximate surface area is 148 Å². The molecule has 126 valence electrons. The van der Waals surface area contributed by atoms with Gasteiger partial charge in [-0.3, -0.25) is 4.90 Å². The summed E-state index contributed by atoms with van der Waals surface area (Å²) in [7, 11) is 0. The number of fused-ring (bicyclic) bond motifs is 1. The third-order valence-corrected chi connectivity index (χ3v) is 5.87. The molecule has 2 aromatic heterocycles. The van der Waals surface area contributed by atoms with Gasteiger partial charge >= 0.3 is 0 Å². The van der Waals surface area contributed by atoms with Crippen LogP contribution >= 0.6 is 15.9 Å². The first-order valence-electron chi connectivity index (χ1n) is 8.31. The Hall–Kier alpha value is -1.62. The summed E-state index contributed by atoms with van der Waals surface area (Å²) in [6.07, 6.45) is 6.02. The van der Waals surface area contributed by atoms with E-state index in [-0.39, 0.29) is 6.10 Å². The lowest BCUT2D eigenvalue weighted by atomic mass is 9.88. The Morgan fingerprint density at radius 1 is 1.33 bits per heavy atom. The second-order valence-corrected chi connectivity index (χ2v) is 7.47. The lowest BCUT2D eigenvalue weighted by Gasteiger charge is -2.44. The Balaban J connectivity index is 1.42. The molecule has 0 aromatic carbocycles. The molecule has 1 aliphatic carbocycles. The van der Waals surface area contributed by atoms with Gasteiger partial charge < -0.3 is 14.8 Å². The van der Waals surface area contributed by atoms with Gasteiger partial charge in [-0.15, -0.1) is 0 Å². The van der Waals surface area contributed by atoms with Crippen LogP contribution in [0.5, 0.6) is 0 Å².